The smallest absolute Gasteiger partial charge is 0.246 e. The molecule has 5 rings (SSSR count). The monoisotopic (exact) mass is 520 g/mol. The van der Waals surface area contributed by atoms with E-state index in [9.17, 15) is 10.1 Å². The van der Waals surface area contributed by atoms with E-state index in [-0.39, 0.29) is 5.91 Å². The Labute approximate surface area is 223 Å². The summed E-state index contributed by atoms with van der Waals surface area (Å²) in [7, 11) is 2.11. The van der Waals surface area contributed by atoms with Gasteiger partial charge in [0.2, 0.25) is 11.8 Å². The number of rotatable bonds is 6. The Morgan fingerprint density at radius 3 is 2.68 bits per heavy atom. The first-order valence-corrected chi connectivity index (χ1v) is 13.3. The van der Waals surface area contributed by atoms with Crippen molar-refractivity contribution in [3.8, 4) is 11.9 Å². The number of fused-ring (bicyclic) bond motifs is 1. The number of aromatic nitrogens is 1. The van der Waals surface area contributed by atoms with Crippen molar-refractivity contribution in [2.75, 3.05) is 62.7 Å². The maximum atomic E-state index is 12.1. The van der Waals surface area contributed by atoms with E-state index in [1.807, 2.05) is 24.3 Å². The maximum absolute atomic E-state index is 12.1. The predicted octanol–water partition coefficient (Wildman–Crippen LogP) is 3.48. The maximum Gasteiger partial charge on any atom is 0.246 e. The summed E-state index contributed by atoms with van der Waals surface area (Å²) in [4.78, 5) is 25.7. The fourth-order valence-corrected chi connectivity index (χ4v) is 5.90. The largest absolute Gasteiger partial charge is 0.475 e. The highest BCUT2D eigenvalue weighted by Gasteiger charge is 2.32. The Morgan fingerprint density at radius 2 is 2.00 bits per heavy atom. The third-order valence-electron chi connectivity index (χ3n) is 7.76. The number of piperazine rings is 1. The molecule has 3 aliphatic heterocycles. The number of carbonyl (C=O) groups is 1. The lowest BCUT2D eigenvalue weighted by atomic mass is 9.97. The molecule has 0 saturated carbocycles. The van der Waals surface area contributed by atoms with Crippen molar-refractivity contribution in [2.45, 2.75) is 31.8 Å². The molecule has 1 amide bonds. The summed E-state index contributed by atoms with van der Waals surface area (Å²) in [6, 6.07) is 10.6. The van der Waals surface area contributed by atoms with Crippen molar-refractivity contribution >= 4 is 28.9 Å². The molecule has 1 aromatic carbocycles. The number of anilines is 2. The van der Waals surface area contributed by atoms with Gasteiger partial charge in [-0.25, -0.2) is 4.98 Å². The lowest BCUT2D eigenvalue weighted by molar-refractivity contribution is -0.126. The lowest BCUT2D eigenvalue weighted by Crippen LogP contribution is -2.49. The van der Waals surface area contributed by atoms with Crippen LogP contribution in [0.15, 0.2) is 36.9 Å². The van der Waals surface area contributed by atoms with Crippen LogP contribution in [0.1, 0.15) is 29.7 Å². The first-order chi connectivity index (χ1) is 18.0. The molecule has 1 aromatic heterocycles. The summed E-state index contributed by atoms with van der Waals surface area (Å²) < 4.78 is 6.30. The Hall–Kier alpha value is -3.28. The van der Waals surface area contributed by atoms with Gasteiger partial charge in [-0.3, -0.25) is 4.79 Å². The van der Waals surface area contributed by atoms with E-state index < -0.39 is 0 Å². The van der Waals surface area contributed by atoms with Crippen LogP contribution in [0.3, 0.4) is 0 Å². The van der Waals surface area contributed by atoms with Gasteiger partial charge < -0.3 is 24.3 Å². The van der Waals surface area contributed by atoms with Crippen LogP contribution in [0.4, 0.5) is 11.4 Å². The van der Waals surface area contributed by atoms with E-state index in [1.54, 1.807) is 4.90 Å². The molecule has 1 atom stereocenters. The molecule has 9 heteroatoms. The number of benzene rings is 1. The average molecular weight is 521 g/mol. The second-order valence-corrected chi connectivity index (χ2v) is 10.3. The van der Waals surface area contributed by atoms with E-state index in [2.05, 4.69) is 34.4 Å². The van der Waals surface area contributed by atoms with Crippen LogP contribution in [-0.4, -0.2) is 79.7 Å². The highest BCUT2D eigenvalue weighted by Crippen LogP contribution is 2.39. The molecule has 2 saturated heterocycles. The van der Waals surface area contributed by atoms with Gasteiger partial charge in [0.05, 0.1) is 28.6 Å². The van der Waals surface area contributed by atoms with E-state index in [1.165, 1.54) is 6.08 Å². The summed E-state index contributed by atoms with van der Waals surface area (Å²) in [5.74, 6) is 0.346. The molecule has 0 unspecified atom stereocenters. The molecule has 194 valence electrons. The molecular weight excluding hydrogens is 488 g/mol. The molecule has 4 heterocycles. The number of likely N-dealkylation sites (tertiary alicyclic amines) is 1. The Morgan fingerprint density at radius 1 is 1.22 bits per heavy atom. The van der Waals surface area contributed by atoms with Crippen LogP contribution in [0.25, 0.3) is 0 Å². The molecule has 0 N–H and O–H groups in total. The van der Waals surface area contributed by atoms with Crippen LogP contribution >= 0.6 is 11.6 Å². The molecule has 0 bridgehead atoms. The molecule has 0 radical (unpaired) electrons. The quantitative estimate of drug-likeness (QED) is 0.540. The zero-order valence-electron chi connectivity index (χ0n) is 21.3. The highest BCUT2D eigenvalue weighted by molar-refractivity contribution is 6.33. The molecule has 0 spiro atoms. The topological polar surface area (TPSA) is 75.9 Å². The van der Waals surface area contributed by atoms with Crippen molar-refractivity contribution < 1.29 is 9.53 Å². The summed E-state index contributed by atoms with van der Waals surface area (Å²) in [6.45, 7) is 9.00. The van der Waals surface area contributed by atoms with Gasteiger partial charge in [0.1, 0.15) is 18.2 Å². The van der Waals surface area contributed by atoms with E-state index in [4.69, 9.17) is 21.3 Å². The summed E-state index contributed by atoms with van der Waals surface area (Å²) in [5.41, 5.74) is 4.39. The normalized spacial score (nSPS) is 19.9. The SMILES string of the molecule is C=CC(=O)N1CCN(c2c(C#N)c(OC[C@@H]3CCCN3C)nc3c2CCN(c2ccccc2Cl)C3)CC1. The van der Waals surface area contributed by atoms with Gasteiger partial charge in [-0.2, -0.15) is 5.26 Å². The molecular formula is C28H33ClN6O2. The molecule has 0 aliphatic carbocycles. The Bertz CT molecular complexity index is 1220. The zero-order valence-corrected chi connectivity index (χ0v) is 22.1. The lowest BCUT2D eigenvalue weighted by Gasteiger charge is -2.39. The number of pyridine rings is 1. The molecule has 8 nitrogen and oxygen atoms in total. The van der Waals surface area contributed by atoms with Crippen molar-refractivity contribution in [2.24, 2.45) is 0 Å². The number of nitriles is 1. The minimum absolute atomic E-state index is 0.0583. The van der Waals surface area contributed by atoms with E-state index in [0.29, 0.717) is 61.8 Å². The standard InChI is InChI=1S/C28H33ClN6O2/c1-3-26(36)33-13-15-34(16-14-33)27-21-10-12-35(25-9-5-4-8-23(25)29)18-24(21)31-28(22(27)17-30)37-19-20-7-6-11-32(20)2/h3-5,8-9,20H,1,6-7,10-16,18-19H2,2H3/t20-/m0/s1. The van der Waals surface area contributed by atoms with Crippen LogP contribution in [0.2, 0.25) is 5.02 Å². The molecule has 2 fully saturated rings. The minimum Gasteiger partial charge on any atom is -0.475 e. The number of amides is 1. The van der Waals surface area contributed by atoms with Gasteiger partial charge in [0.15, 0.2) is 0 Å². The van der Waals surface area contributed by atoms with Gasteiger partial charge in [0, 0.05) is 44.3 Å². The van der Waals surface area contributed by atoms with Crippen molar-refractivity contribution in [3.05, 3.63) is 58.8 Å². The number of nitrogens with zero attached hydrogens (tertiary/aromatic N) is 6. The summed E-state index contributed by atoms with van der Waals surface area (Å²) in [5, 5.41) is 11.0. The van der Waals surface area contributed by atoms with Gasteiger partial charge in [-0.1, -0.05) is 30.3 Å². The highest BCUT2D eigenvalue weighted by atomic mass is 35.5. The summed E-state index contributed by atoms with van der Waals surface area (Å²) >= 11 is 6.52. The third-order valence-corrected chi connectivity index (χ3v) is 8.08. The van der Waals surface area contributed by atoms with Gasteiger partial charge in [-0.05, 0) is 51.1 Å². The van der Waals surface area contributed by atoms with Crippen molar-refractivity contribution in [1.29, 1.82) is 5.26 Å². The number of hydrogen-bond acceptors (Lipinski definition) is 7. The number of carbonyl (C=O) groups excluding carboxylic acids is 1. The van der Waals surface area contributed by atoms with Crippen LogP contribution < -0.4 is 14.5 Å². The Balaban J connectivity index is 1.49. The number of halogens is 1. The summed E-state index contributed by atoms with van der Waals surface area (Å²) in [6.07, 6.45) is 4.34. The first-order valence-electron chi connectivity index (χ1n) is 12.9. The van der Waals surface area contributed by atoms with Crippen LogP contribution in [0, 0.1) is 11.3 Å². The second-order valence-electron chi connectivity index (χ2n) is 9.90. The fourth-order valence-electron chi connectivity index (χ4n) is 5.65. The Kier molecular flexibility index (Phi) is 7.54. The zero-order chi connectivity index (χ0) is 25.9. The molecule has 2 aromatic rings. The van der Waals surface area contributed by atoms with E-state index in [0.717, 1.165) is 55.0 Å². The number of hydrogen-bond donors (Lipinski definition) is 0. The van der Waals surface area contributed by atoms with Crippen molar-refractivity contribution in [1.82, 2.24) is 14.8 Å². The predicted molar refractivity (Wildman–Crippen MR) is 145 cm³/mol. The van der Waals surface area contributed by atoms with E-state index >= 15 is 0 Å². The number of para-hydroxylation sites is 1. The van der Waals surface area contributed by atoms with Gasteiger partial charge in [-0.15, -0.1) is 0 Å². The third kappa shape index (κ3) is 5.11. The van der Waals surface area contributed by atoms with Crippen LogP contribution in [0.5, 0.6) is 5.88 Å². The minimum atomic E-state index is -0.0583. The fraction of sp³-hybridized carbons (Fsp3) is 0.464. The average Bonchev–Trinajstić information content (AvgIpc) is 3.35. The van der Waals surface area contributed by atoms with Gasteiger partial charge >= 0.3 is 0 Å². The van der Waals surface area contributed by atoms with Gasteiger partial charge in [0.25, 0.3) is 0 Å². The molecule has 37 heavy (non-hydrogen) atoms. The second kappa shape index (κ2) is 11.0. The first kappa shape index (κ1) is 25.4. The molecule has 3 aliphatic rings. The number of likely N-dealkylation sites (N-methyl/N-ethyl adjacent to an activating group) is 1. The van der Waals surface area contributed by atoms with Crippen molar-refractivity contribution in [3.63, 3.8) is 0 Å². The van der Waals surface area contributed by atoms with Crippen LogP contribution in [-0.2, 0) is 17.8 Å². The number of ether oxygens (including phenoxy) is 1.